The molecule has 0 atom stereocenters. The number of carbonyl (C=O) groups is 1. The molecular formula is C11H18ClF2NO2. The van der Waals surface area contributed by atoms with E-state index in [1.165, 1.54) is 0 Å². The molecule has 0 radical (unpaired) electrons. The lowest BCUT2D eigenvalue weighted by Gasteiger charge is -2.14. The first-order chi connectivity index (χ1) is 8.08. The van der Waals surface area contributed by atoms with Crippen LogP contribution in [0.3, 0.4) is 0 Å². The first-order valence-corrected chi connectivity index (χ1v) is 6.30. The molecule has 0 aromatic heterocycles. The van der Waals surface area contributed by atoms with Crippen molar-refractivity contribution in [3.63, 3.8) is 0 Å². The molecule has 0 spiro atoms. The third-order valence-electron chi connectivity index (χ3n) is 2.96. The Bertz CT molecular complexity index is 248. The van der Waals surface area contributed by atoms with Gasteiger partial charge in [0, 0.05) is 18.8 Å². The van der Waals surface area contributed by atoms with Gasteiger partial charge in [-0.15, -0.1) is 11.6 Å². The molecule has 0 aromatic carbocycles. The highest BCUT2D eigenvalue weighted by Crippen LogP contribution is 2.48. The Labute approximate surface area is 105 Å². The van der Waals surface area contributed by atoms with E-state index in [4.69, 9.17) is 11.6 Å². The van der Waals surface area contributed by atoms with E-state index in [2.05, 4.69) is 10.1 Å². The molecule has 1 aliphatic carbocycles. The molecule has 1 saturated carbocycles. The number of ether oxygens (including phenoxy) is 1. The Kier molecular flexibility index (Phi) is 6.12. The van der Waals surface area contributed by atoms with Crippen LogP contribution in [0.4, 0.5) is 8.78 Å². The van der Waals surface area contributed by atoms with E-state index in [1.807, 2.05) is 0 Å². The van der Waals surface area contributed by atoms with Gasteiger partial charge in [-0.3, -0.25) is 4.79 Å². The van der Waals surface area contributed by atoms with Crippen molar-refractivity contribution in [1.29, 1.82) is 0 Å². The van der Waals surface area contributed by atoms with Crippen molar-refractivity contribution in [2.45, 2.75) is 32.1 Å². The number of hydrogen-bond acceptors (Lipinski definition) is 2. The molecule has 0 aromatic rings. The number of amides is 1. The lowest BCUT2D eigenvalue weighted by Crippen LogP contribution is -2.31. The van der Waals surface area contributed by atoms with E-state index in [1.54, 1.807) is 0 Å². The van der Waals surface area contributed by atoms with Crippen LogP contribution in [0, 0.1) is 5.41 Å². The number of alkyl halides is 3. The molecule has 0 aliphatic heterocycles. The van der Waals surface area contributed by atoms with Crippen molar-refractivity contribution in [2.24, 2.45) is 5.41 Å². The monoisotopic (exact) mass is 269 g/mol. The number of carbonyl (C=O) groups excluding carboxylic acids is 1. The maximum absolute atomic E-state index is 11.7. The quantitative estimate of drug-likeness (QED) is 0.515. The van der Waals surface area contributed by atoms with Gasteiger partial charge in [0.1, 0.15) is 6.61 Å². The molecule has 100 valence electrons. The largest absolute Gasteiger partial charge is 0.375 e. The summed E-state index contributed by atoms with van der Waals surface area (Å²) in [6, 6.07) is 0. The molecule has 6 heteroatoms. The summed E-state index contributed by atoms with van der Waals surface area (Å²) < 4.78 is 28.1. The lowest BCUT2D eigenvalue weighted by atomic mass is 10.0. The molecule has 0 bridgehead atoms. The van der Waals surface area contributed by atoms with E-state index >= 15 is 0 Å². The number of rotatable bonds is 9. The Morgan fingerprint density at radius 1 is 1.47 bits per heavy atom. The van der Waals surface area contributed by atoms with Crippen LogP contribution in [-0.2, 0) is 9.53 Å². The first-order valence-electron chi connectivity index (χ1n) is 5.76. The molecule has 0 unspecified atom stereocenters. The molecule has 1 fully saturated rings. The average molecular weight is 270 g/mol. The van der Waals surface area contributed by atoms with E-state index in [0.29, 0.717) is 12.4 Å². The van der Waals surface area contributed by atoms with Gasteiger partial charge in [-0.25, -0.2) is 8.78 Å². The molecule has 17 heavy (non-hydrogen) atoms. The summed E-state index contributed by atoms with van der Waals surface area (Å²) in [5.41, 5.74) is 0.196. The third-order valence-corrected chi connectivity index (χ3v) is 3.15. The second-order valence-electron chi connectivity index (χ2n) is 4.43. The normalized spacial score (nSPS) is 17.2. The van der Waals surface area contributed by atoms with Crippen molar-refractivity contribution < 1.29 is 18.3 Å². The predicted molar refractivity (Wildman–Crippen MR) is 61.5 cm³/mol. The molecule has 1 N–H and O–H groups in total. The van der Waals surface area contributed by atoms with E-state index in [-0.39, 0.29) is 24.3 Å². The van der Waals surface area contributed by atoms with Crippen molar-refractivity contribution in [3.05, 3.63) is 0 Å². The van der Waals surface area contributed by atoms with Crippen LogP contribution >= 0.6 is 11.6 Å². The number of halogens is 3. The van der Waals surface area contributed by atoms with Gasteiger partial charge in [0.25, 0.3) is 6.43 Å². The Morgan fingerprint density at radius 2 is 2.18 bits per heavy atom. The fourth-order valence-electron chi connectivity index (χ4n) is 1.60. The van der Waals surface area contributed by atoms with Gasteiger partial charge in [0.2, 0.25) is 5.91 Å². The maximum atomic E-state index is 11.7. The smallest absolute Gasteiger partial charge is 0.261 e. The van der Waals surface area contributed by atoms with Crippen LogP contribution in [0.15, 0.2) is 0 Å². The van der Waals surface area contributed by atoms with Crippen LogP contribution < -0.4 is 5.32 Å². The Morgan fingerprint density at radius 3 is 2.71 bits per heavy atom. The highest BCUT2D eigenvalue weighted by molar-refractivity contribution is 6.17. The molecule has 1 aliphatic rings. The zero-order valence-electron chi connectivity index (χ0n) is 9.68. The van der Waals surface area contributed by atoms with Gasteiger partial charge in [0.05, 0.1) is 6.61 Å². The molecular weight excluding hydrogens is 252 g/mol. The van der Waals surface area contributed by atoms with Crippen LogP contribution in [0.1, 0.15) is 25.7 Å². The summed E-state index contributed by atoms with van der Waals surface area (Å²) >= 11 is 5.67. The lowest BCUT2D eigenvalue weighted by molar-refractivity contribution is -0.122. The first kappa shape index (κ1) is 14.6. The predicted octanol–water partition coefficient (Wildman–Crippen LogP) is 2.18. The summed E-state index contributed by atoms with van der Waals surface area (Å²) in [6.07, 6.45) is 0.765. The van der Waals surface area contributed by atoms with Crippen molar-refractivity contribution in [3.8, 4) is 0 Å². The minimum Gasteiger partial charge on any atom is -0.375 e. The minimum atomic E-state index is -2.48. The highest BCUT2D eigenvalue weighted by Gasteiger charge is 2.41. The van der Waals surface area contributed by atoms with Gasteiger partial charge >= 0.3 is 0 Å². The second kappa shape index (κ2) is 7.11. The fourth-order valence-corrected chi connectivity index (χ4v) is 2.01. The van der Waals surface area contributed by atoms with Crippen molar-refractivity contribution in [1.82, 2.24) is 5.32 Å². The number of hydrogen-bond donors (Lipinski definition) is 1. The minimum absolute atomic E-state index is 0.0404. The molecule has 1 amide bonds. The molecule has 3 nitrogen and oxygen atoms in total. The Balaban J connectivity index is 2.02. The van der Waals surface area contributed by atoms with Gasteiger partial charge in [-0.1, -0.05) is 0 Å². The zero-order chi connectivity index (χ0) is 12.7. The van der Waals surface area contributed by atoms with Gasteiger partial charge in [0.15, 0.2) is 0 Å². The van der Waals surface area contributed by atoms with Crippen LogP contribution in [0.2, 0.25) is 0 Å². The van der Waals surface area contributed by atoms with E-state index < -0.39 is 13.0 Å². The van der Waals surface area contributed by atoms with Gasteiger partial charge < -0.3 is 10.1 Å². The summed E-state index contributed by atoms with van der Waals surface area (Å²) in [6.45, 7) is 0.0650. The van der Waals surface area contributed by atoms with Gasteiger partial charge in [-0.2, -0.15) is 0 Å². The third kappa shape index (κ3) is 6.17. The molecule has 0 saturated heterocycles. The van der Waals surface area contributed by atoms with Crippen molar-refractivity contribution in [2.75, 3.05) is 25.6 Å². The Hall–Kier alpha value is -0.420. The number of nitrogens with one attached hydrogen (secondary N) is 1. The second-order valence-corrected chi connectivity index (χ2v) is 4.81. The van der Waals surface area contributed by atoms with Gasteiger partial charge in [-0.05, 0) is 24.7 Å². The summed E-state index contributed by atoms with van der Waals surface area (Å²) in [4.78, 5) is 11.4. The van der Waals surface area contributed by atoms with Crippen LogP contribution in [0.25, 0.3) is 0 Å². The SMILES string of the molecule is O=C(CCOCC(F)F)NCC1(CCCl)CC1. The standard InChI is InChI=1S/C11H18ClF2NO2/c12-5-4-11(2-3-11)8-15-10(16)1-6-17-7-9(13)14/h9H,1-8H2,(H,15,16). The van der Waals surface area contributed by atoms with E-state index in [9.17, 15) is 13.6 Å². The summed E-state index contributed by atoms with van der Waals surface area (Å²) in [5.74, 6) is 0.452. The topological polar surface area (TPSA) is 38.3 Å². The van der Waals surface area contributed by atoms with Crippen molar-refractivity contribution >= 4 is 17.5 Å². The maximum Gasteiger partial charge on any atom is 0.261 e. The van der Waals surface area contributed by atoms with Crippen LogP contribution in [0.5, 0.6) is 0 Å². The van der Waals surface area contributed by atoms with E-state index in [0.717, 1.165) is 19.3 Å². The zero-order valence-corrected chi connectivity index (χ0v) is 10.4. The summed E-state index contributed by atoms with van der Waals surface area (Å²) in [5, 5.41) is 2.79. The molecule has 0 heterocycles. The highest BCUT2D eigenvalue weighted by atomic mass is 35.5. The average Bonchev–Trinajstić information content (AvgIpc) is 3.03. The van der Waals surface area contributed by atoms with Crippen LogP contribution in [-0.4, -0.2) is 38.0 Å². The molecule has 1 rings (SSSR count). The fraction of sp³-hybridized carbons (Fsp3) is 0.909. The summed E-state index contributed by atoms with van der Waals surface area (Å²) in [7, 11) is 0.